The molecule has 0 saturated carbocycles. The largest absolute Gasteiger partial charge is 0.481 e. The lowest BCUT2D eigenvalue weighted by Crippen LogP contribution is -2.28. The summed E-state index contributed by atoms with van der Waals surface area (Å²) in [5, 5.41) is 19.8. The first-order chi connectivity index (χ1) is 8.67. The minimum Gasteiger partial charge on any atom is -0.481 e. The van der Waals surface area contributed by atoms with Crippen molar-refractivity contribution in [1.82, 2.24) is 4.98 Å². The second-order valence-corrected chi connectivity index (χ2v) is 4.42. The topological polar surface area (TPSA) is 86.5 Å². The Hall–Kier alpha value is -1.65. The number of anilines is 1. The maximum absolute atomic E-state index is 10.6. The summed E-state index contributed by atoms with van der Waals surface area (Å²) in [6.07, 6.45) is 0.324. The number of hydrogen-bond donors (Lipinski definition) is 1. The molecule has 0 aliphatic heterocycles. The van der Waals surface area contributed by atoms with E-state index in [1.165, 1.54) is 11.3 Å². The fraction of sp³-hybridized carbons (Fsp3) is 0.545. The molecule has 0 radical (unpaired) electrons. The average molecular weight is 269 g/mol. The van der Waals surface area contributed by atoms with E-state index in [-0.39, 0.29) is 6.42 Å². The van der Waals surface area contributed by atoms with Crippen LogP contribution in [0.2, 0.25) is 0 Å². The first kappa shape index (κ1) is 14.4. The summed E-state index contributed by atoms with van der Waals surface area (Å²) in [4.78, 5) is 16.8. The molecule has 1 aromatic rings. The standard InChI is InChI=1S/C11H15N3O3S/c1-17-6-5-14(4-2-3-12)11-13-9(8-18-11)7-10(15)16/h8H,2,4-7H2,1H3,(H,15,16). The van der Waals surface area contributed by atoms with Crippen LogP contribution in [0.4, 0.5) is 5.13 Å². The predicted octanol–water partition coefficient (Wildman–Crippen LogP) is 1.14. The average Bonchev–Trinajstić information content (AvgIpc) is 2.77. The van der Waals surface area contributed by atoms with Gasteiger partial charge in [0.2, 0.25) is 0 Å². The van der Waals surface area contributed by atoms with E-state index in [4.69, 9.17) is 15.1 Å². The maximum Gasteiger partial charge on any atom is 0.309 e. The predicted molar refractivity (Wildman–Crippen MR) is 67.8 cm³/mol. The van der Waals surface area contributed by atoms with Gasteiger partial charge in [-0.05, 0) is 0 Å². The van der Waals surface area contributed by atoms with Crippen molar-refractivity contribution in [2.45, 2.75) is 12.8 Å². The number of aliphatic carboxylic acids is 1. The smallest absolute Gasteiger partial charge is 0.309 e. The van der Waals surface area contributed by atoms with Crippen LogP contribution in [0.15, 0.2) is 5.38 Å². The third kappa shape index (κ3) is 4.69. The molecule has 1 heterocycles. The van der Waals surface area contributed by atoms with Crippen LogP contribution in [-0.2, 0) is 16.0 Å². The lowest BCUT2D eigenvalue weighted by molar-refractivity contribution is -0.136. The van der Waals surface area contributed by atoms with Crippen LogP contribution in [0.25, 0.3) is 0 Å². The second kappa shape index (κ2) is 7.63. The Morgan fingerprint density at radius 2 is 2.44 bits per heavy atom. The Kier molecular flexibility index (Phi) is 6.11. The van der Waals surface area contributed by atoms with Crippen molar-refractivity contribution in [3.05, 3.63) is 11.1 Å². The Bertz CT molecular complexity index is 427. The molecule has 0 aliphatic rings. The van der Waals surface area contributed by atoms with Gasteiger partial charge in [-0.3, -0.25) is 4.79 Å². The summed E-state index contributed by atoms with van der Waals surface area (Å²) < 4.78 is 5.00. The molecule has 0 aliphatic carbocycles. The van der Waals surface area contributed by atoms with Gasteiger partial charge in [-0.25, -0.2) is 4.98 Å². The highest BCUT2D eigenvalue weighted by atomic mass is 32.1. The van der Waals surface area contributed by atoms with Gasteiger partial charge in [0.05, 0.1) is 31.2 Å². The fourth-order valence-corrected chi connectivity index (χ4v) is 2.25. The van der Waals surface area contributed by atoms with Crippen molar-refractivity contribution in [2.24, 2.45) is 0 Å². The molecule has 0 bridgehead atoms. The van der Waals surface area contributed by atoms with E-state index in [1.807, 2.05) is 4.90 Å². The lowest BCUT2D eigenvalue weighted by Gasteiger charge is -2.19. The number of carboxylic acids is 1. The van der Waals surface area contributed by atoms with Crippen LogP contribution in [0, 0.1) is 11.3 Å². The summed E-state index contributed by atoms with van der Waals surface area (Å²) in [6.45, 7) is 1.75. The summed E-state index contributed by atoms with van der Waals surface area (Å²) >= 11 is 1.39. The molecule has 0 spiro atoms. The third-order valence-electron chi connectivity index (χ3n) is 2.20. The van der Waals surface area contributed by atoms with Crippen molar-refractivity contribution < 1.29 is 14.6 Å². The highest BCUT2D eigenvalue weighted by molar-refractivity contribution is 7.13. The number of nitrogens with zero attached hydrogens (tertiary/aromatic N) is 3. The summed E-state index contributed by atoms with van der Waals surface area (Å²) in [5.41, 5.74) is 0.543. The van der Waals surface area contributed by atoms with Crippen LogP contribution in [-0.4, -0.2) is 42.9 Å². The molecule has 18 heavy (non-hydrogen) atoms. The minimum atomic E-state index is -0.896. The van der Waals surface area contributed by atoms with Gasteiger partial charge in [-0.15, -0.1) is 11.3 Å². The molecular weight excluding hydrogens is 254 g/mol. The monoisotopic (exact) mass is 269 g/mol. The molecule has 0 fully saturated rings. The van der Waals surface area contributed by atoms with Crippen molar-refractivity contribution >= 4 is 22.4 Å². The zero-order valence-electron chi connectivity index (χ0n) is 10.1. The number of aromatic nitrogens is 1. The van der Waals surface area contributed by atoms with Crippen molar-refractivity contribution in [3.63, 3.8) is 0 Å². The highest BCUT2D eigenvalue weighted by Crippen LogP contribution is 2.21. The van der Waals surface area contributed by atoms with E-state index < -0.39 is 5.97 Å². The Balaban J connectivity index is 2.68. The van der Waals surface area contributed by atoms with E-state index >= 15 is 0 Å². The molecule has 1 rings (SSSR count). The molecule has 98 valence electrons. The van der Waals surface area contributed by atoms with Crippen LogP contribution in [0.5, 0.6) is 0 Å². The highest BCUT2D eigenvalue weighted by Gasteiger charge is 2.12. The number of hydrogen-bond acceptors (Lipinski definition) is 6. The number of carbonyl (C=O) groups is 1. The van der Waals surface area contributed by atoms with E-state index in [9.17, 15) is 4.79 Å². The first-order valence-corrected chi connectivity index (χ1v) is 6.32. The number of methoxy groups -OCH3 is 1. The summed E-state index contributed by atoms with van der Waals surface area (Å²) in [7, 11) is 1.61. The number of rotatable bonds is 8. The number of thiazole rings is 1. The zero-order chi connectivity index (χ0) is 13.4. The van der Waals surface area contributed by atoms with Crippen molar-refractivity contribution in [1.29, 1.82) is 5.26 Å². The molecule has 0 amide bonds. The van der Waals surface area contributed by atoms with Crippen LogP contribution < -0.4 is 4.90 Å². The Morgan fingerprint density at radius 3 is 3.06 bits per heavy atom. The van der Waals surface area contributed by atoms with Gasteiger partial charge in [0.25, 0.3) is 0 Å². The Labute approximate surface area is 109 Å². The fourth-order valence-electron chi connectivity index (χ4n) is 1.37. The maximum atomic E-state index is 10.6. The van der Waals surface area contributed by atoms with E-state index in [2.05, 4.69) is 11.1 Å². The van der Waals surface area contributed by atoms with Crippen LogP contribution in [0.1, 0.15) is 12.1 Å². The summed E-state index contributed by atoms with van der Waals surface area (Å²) in [5.74, 6) is -0.896. The van der Waals surface area contributed by atoms with Gasteiger partial charge >= 0.3 is 5.97 Å². The quantitative estimate of drug-likeness (QED) is 0.761. The number of nitriles is 1. The Morgan fingerprint density at radius 1 is 1.67 bits per heavy atom. The third-order valence-corrected chi connectivity index (χ3v) is 3.15. The SMILES string of the molecule is COCCN(CCC#N)c1nc(CC(=O)O)cs1. The van der Waals surface area contributed by atoms with Crippen molar-refractivity contribution in [3.8, 4) is 6.07 Å². The van der Waals surface area contributed by atoms with Gasteiger partial charge in [0.15, 0.2) is 5.13 Å². The molecule has 1 aromatic heterocycles. The molecule has 0 atom stereocenters. The first-order valence-electron chi connectivity index (χ1n) is 5.44. The lowest BCUT2D eigenvalue weighted by atomic mass is 10.3. The van der Waals surface area contributed by atoms with Gasteiger partial charge < -0.3 is 14.7 Å². The van der Waals surface area contributed by atoms with Gasteiger partial charge in [0.1, 0.15) is 0 Å². The zero-order valence-corrected chi connectivity index (χ0v) is 10.9. The van der Waals surface area contributed by atoms with Gasteiger partial charge in [0, 0.05) is 25.6 Å². The van der Waals surface area contributed by atoms with Gasteiger partial charge in [-0.1, -0.05) is 0 Å². The molecule has 0 saturated heterocycles. The molecule has 0 aromatic carbocycles. The second-order valence-electron chi connectivity index (χ2n) is 3.58. The molecule has 1 N–H and O–H groups in total. The van der Waals surface area contributed by atoms with E-state index in [0.29, 0.717) is 31.8 Å². The van der Waals surface area contributed by atoms with Crippen molar-refractivity contribution in [2.75, 3.05) is 31.7 Å². The van der Waals surface area contributed by atoms with E-state index in [0.717, 1.165) is 5.13 Å². The van der Waals surface area contributed by atoms with Crippen LogP contribution in [0.3, 0.4) is 0 Å². The number of carboxylic acid groups (broad SMARTS) is 1. The van der Waals surface area contributed by atoms with Crippen LogP contribution >= 0.6 is 11.3 Å². The van der Waals surface area contributed by atoms with Gasteiger partial charge in [-0.2, -0.15) is 5.26 Å². The molecule has 6 nitrogen and oxygen atoms in total. The molecule has 7 heteroatoms. The molecule has 0 unspecified atom stereocenters. The summed E-state index contributed by atoms with van der Waals surface area (Å²) in [6, 6.07) is 2.08. The number of ether oxygens (including phenoxy) is 1. The minimum absolute atomic E-state index is 0.0765. The normalized spacial score (nSPS) is 10.0. The molecular formula is C11H15N3O3S. The van der Waals surface area contributed by atoms with E-state index in [1.54, 1.807) is 12.5 Å².